The van der Waals surface area contributed by atoms with Gasteiger partial charge in [-0.1, -0.05) is 29.6 Å². The maximum atomic E-state index is 12.8. The van der Waals surface area contributed by atoms with Crippen molar-refractivity contribution in [3.63, 3.8) is 0 Å². The number of piperazine rings is 2. The van der Waals surface area contributed by atoms with E-state index in [1.165, 1.54) is 19.3 Å². The van der Waals surface area contributed by atoms with Gasteiger partial charge in [-0.3, -0.25) is 19.6 Å². The molecular weight excluding hydrogens is 459 g/mol. The largest absolute Gasteiger partial charge is 0.353 e. The number of anilines is 1. The summed E-state index contributed by atoms with van der Waals surface area (Å²) in [6.45, 7) is 7.65. The van der Waals surface area contributed by atoms with Gasteiger partial charge >= 0.3 is 0 Å². The van der Waals surface area contributed by atoms with Crippen molar-refractivity contribution in [1.82, 2.24) is 24.7 Å². The molecule has 9 heteroatoms. The molecule has 2 saturated heterocycles. The second kappa shape index (κ2) is 10.1. The van der Waals surface area contributed by atoms with Crippen molar-refractivity contribution in [2.45, 2.75) is 25.3 Å². The van der Waals surface area contributed by atoms with Crippen LogP contribution in [-0.2, 0) is 4.79 Å². The van der Waals surface area contributed by atoms with E-state index in [9.17, 15) is 4.79 Å². The highest BCUT2D eigenvalue weighted by molar-refractivity contribution is 6.35. The summed E-state index contributed by atoms with van der Waals surface area (Å²) in [6, 6.07) is 6.10. The molecule has 0 N–H and O–H groups in total. The zero-order valence-corrected chi connectivity index (χ0v) is 20.3. The van der Waals surface area contributed by atoms with E-state index in [1.54, 1.807) is 30.6 Å². The van der Waals surface area contributed by atoms with Crippen LogP contribution in [0.1, 0.15) is 19.3 Å². The molecule has 0 spiro atoms. The Morgan fingerprint density at radius 3 is 2.33 bits per heavy atom. The number of hydrogen-bond acceptors (Lipinski definition) is 6. The fourth-order valence-electron chi connectivity index (χ4n) is 4.83. The predicted molar refractivity (Wildman–Crippen MR) is 132 cm³/mol. The summed E-state index contributed by atoms with van der Waals surface area (Å²) in [7, 11) is 0. The van der Waals surface area contributed by atoms with Gasteiger partial charge in [-0.25, -0.2) is 4.98 Å². The van der Waals surface area contributed by atoms with Crippen LogP contribution in [0.15, 0.2) is 30.6 Å². The Morgan fingerprint density at radius 1 is 0.939 bits per heavy atom. The van der Waals surface area contributed by atoms with Crippen molar-refractivity contribution in [3.05, 3.63) is 40.6 Å². The number of rotatable bonds is 5. The molecular formula is C24H30Cl2N6O. The second-order valence-corrected chi connectivity index (χ2v) is 9.99. The van der Waals surface area contributed by atoms with Gasteiger partial charge in [0.2, 0.25) is 5.91 Å². The Hall–Kier alpha value is -1.93. The Morgan fingerprint density at radius 2 is 1.70 bits per heavy atom. The molecule has 0 radical (unpaired) electrons. The third-order valence-electron chi connectivity index (χ3n) is 7.16. The van der Waals surface area contributed by atoms with Crippen LogP contribution in [0.5, 0.6) is 0 Å². The van der Waals surface area contributed by atoms with Gasteiger partial charge in [0.05, 0.1) is 29.7 Å². The van der Waals surface area contributed by atoms with Crippen molar-refractivity contribution in [2.75, 3.05) is 63.8 Å². The molecule has 0 bridgehead atoms. The third kappa shape index (κ3) is 5.27. The van der Waals surface area contributed by atoms with E-state index in [0.29, 0.717) is 22.3 Å². The molecule has 2 aliphatic heterocycles. The van der Waals surface area contributed by atoms with Crippen LogP contribution in [0.25, 0.3) is 11.3 Å². The lowest BCUT2D eigenvalue weighted by Gasteiger charge is -2.43. The lowest BCUT2D eigenvalue weighted by Crippen LogP contribution is -2.56. The summed E-state index contributed by atoms with van der Waals surface area (Å²) in [4.78, 5) is 31.1. The average molecular weight is 489 g/mol. The maximum Gasteiger partial charge on any atom is 0.236 e. The molecule has 1 aromatic heterocycles. The first-order valence-corrected chi connectivity index (χ1v) is 12.6. The average Bonchev–Trinajstić information content (AvgIpc) is 2.81. The maximum absolute atomic E-state index is 12.8. The van der Waals surface area contributed by atoms with Crippen LogP contribution in [0, 0.1) is 0 Å². The van der Waals surface area contributed by atoms with Crippen molar-refractivity contribution in [3.8, 4) is 11.3 Å². The molecule has 1 amide bonds. The SMILES string of the molecule is O=C(CN1CCN(c2cnc(-c3cc(Cl)ccc3Cl)cn2)CC1)N1CCN(C2CCC2)CC1. The summed E-state index contributed by atoms with van der Waals surface area (Å²) in [5.74, 6) is 1.11. The number of hydrogen-bond donors (Lipinski definition) is 0. The van der Waals surface area contributed by atoms with Crippen LogP contribution in [0.4, 0.5) is 5.82 Å². The van der Waals surface area contributed by atoms with Crippen LogP contribution in [-0.4, -0.2) is 95.5 Å². The molecule has 1 saturated carbocycles. The number of aromatic nitrogens is 2. The first-order valence-electron chi connectivity index (χ1n) is 11.8. The number of benzene rings is 1. The summed E-state index contributed by atoms with van der Waals surface area (Å²) in [5, 5.41) is 1.22. The van der Waals surface area contributed by atoms with Gasteiger partial charge in [0.25, 0.3) is 0 Å². The number of halogens is 2. The predicted octanol–water partition coefficient (Wildman–Crippen LogP) is 3.27. The molecule has 33 heavy (non-hydrogen) atoms. The molecule has 1 aromatic carbocycles. The zero-order valence-electron chi connectivity index (χ0n) is 18.8. The second-order valence-electron chi connectivity index (χ2n) is 9.15. The normalized spacial score (nSPS) is 20.7. The molecule has 2 aromatic rings. The number of amides is 1. The minimum atomic E-state index is 0.263. The highest BCUT2D eigenvalue weighted by Gasteiger charge is 2.30. The van der Waals surface area contributed by atoms with Crippen molar-refractivity contribution in [2.24, 2.45) is 0 Å². The van der Waals surface area contributed by atoms with E-state index in [1.807, 2.05) is 4.90 Å². The van der Waals surface area contributed by atoms with E-state index < -0.39 is 0 Å². The van der Waals surface area contributed by atoms with Crippen LogP contribution < -0.4 is 4.90 Å². The zero-order chi connectivity index (χ0) is 22.8. The van der Waals surface area contributed by atoms with Gasteiger partial charge in [0, 0.05) is 69.0 Å². The summed E-state index contributed by atoms with van der Waals surface area (Å²) in [6.07, 6.45) is 7.56. The van der Waals surface area contributed by atoms with Crippen LogP contribution in [0.3, 0.4) is 0 Å². The minimum Gasteiger partial charge on any atom is -0.353 e. The monoisotopic (exact) mass is 488 g/mol. The summed E-state index contributed by atoms with van der Waals surface area (Å²) in [5.41, 5.74) is 1.48. The van der Waals surface area contributed by atoms with E-state index in [4.69, 9.17) is 23.2 Å². The van der Waals surface area contributed by atoms with Crippen molar-refractivity contribution >= 4 is 34.9 Å². The number of carbonyl (C=O) groups is 1. The van der Waals surface area contributed by atoms with E-state index in [-0.39, 0.29) is 5.91 Å². The van der Waals surface area contributed by atoms with Crippen molar-refractivity contribution in [1.29, 1.82) is 0 Å². The van der Waals surface area contributed by atoms with Gasteiger partial charge in [-0.05, 0) is 31.0 Å². The molecule has 176 valence electrons. The van der Waals surface area contributed by atoms with Gasteiger partial charge in [-0.2, -0.15) is 0 Å². The van der Waals surface area contributed by atoms with E-state index in [2.05, 4.69) is 24.7 Å². The van der Waals surface area contributed by atoms with Gasteiger partial charge in [-0.15, -0.1) is 0 Å². The number of carbonyl (C=O) groups excluding carboxylic acids is 1. The quantitative estimate of drug-likeness (QED) is 0.643. The van der Waals surface area contributed by atoms with E-state index >= 15 is 0 Å². The smallest absolute Gasteiger partial charge is 0.236 e. The topological polar surface area (TPSA) is 55.8 Å². The summed E-state index contributed by atoms with van der Waals surface area (Å²) < 4.78 is 0. The fourth-order valence-corrected chi connectivity index (χ4v) is 5.22. The van der Waals surface area contributed by atoms with Crippen LogP contribution in [0.2, 0.25) is 10.0 Å². The minimum absolute atomic E-state index is 0.263. The Kier molecular flexibility index (Phi) is 7.02. The molecule has 0 atom stereocenters. The van der Waals surface area contributed by atoms with Gasteiger partial charge in [0.1, 0.15) is 5.82 Å². The molecule has 1 aliphatic carbocycles. The highest BCUT2D eigenvalue weighted by Crippen LogP contribution is 2.29. The van der Waals surface area contributed by atoms with Crippen LogP contribution >= 0.6 is 23.2 Å². The van der Waals surface area contributed by atoms with E-state index in [0.717, 1.165) is 69.8 Å². The lowest BCUT2D eigenvalue weighted by molar-refractivity contribution is -0.134. The molecule has 3 heterocycles. The standard InChI is InChI=1S/C24H30Cl2N6O/c25-18-4-5-21(26)20(14-18)22-15-28-23(16-27-22)31-8-6-29(7-9-31)17-24(33)32-12-10-30(11-13-32)19-2-1-3-19/h4-5,14-16,19H,1-3,6-13,17H2. The lowest BCUT2D eigenvalue weighted by atomic mass is 9.91. The molecule has 7 nitrogen and oxygen atoms in total. The first kappa shape index (κ1) is 22.8. The Labute approximate surface area is 205 Å². The molecule has 0 unspecified atom stereocenters. The van der Waals surface area contributed by atoms with Crippen molar-refractivity contribution < 1.29 is 4.79 Å². The first-order chi connectivity index (χ1) is 16.1. The van der Waals surface area contributed by atoms with Gasteiger partial charge in [0.15, 0.2) is 0 Å². The molecule has 5 rings (SSSR count). The highest BCUT2D eigenvalue weighted by atomic mass is 35.5. The Balaban J connectivity index is 1.10. The fraction of sp³-hybridized carbons (Fsp3) is 0.542. The molecule has 3 fully saturated rings. The molecule has 3 aliphatic rings. The third-order valence-corrected chi connectivity index (χ3v) is 7.72. The number of nitrogens with zero attached hydrogens (tertiary/aromatic N) is 6. The van der Waals surface area contributed by atoms with Gasteiger partial charge < -0.3 is 9.80 Å². The Bertz CT molecular complexity index is 967. The summed E-state index contributed by atoms with van der Waals surface area (Å²) >= 11 is 12.4.